The highest BCUT2D eigenvalue weighted by atomic mass is 79.9. The second-order valence-corrected chi connectivity index (χ2v) is 4.60. The Kier molecular flexibility index (Phi) is 4.51. The molecule has 0 radical (unpaired) electrons. The standard InChI is InChI=1S/C12H12BrN3O3/c1-18-10-3-2-8(13)6-9(10)12(17)14-5-4-11-15-7-16-19-11/h2-3,6-7H,4-5H2,1H3,(H,14,17). The summed E-state index contributed by atoms with van der Waals surface area (Å²) in [5.74, 6) is 0.803. The first kappa shape index (κ1) is 13.5. The van der Waals surface area contributed by atoms with Crippen LogP contribution in [0.3, 0.4) is 0 Å². The number of hydrogen-bond donors (Lipinski definition) is 1. The smallest absolute Gasteiger partial charge is 0.255 e. The van der Waals surface area contributed by atoms with Crippen molar-refractivity contribution in [1.82, 2.24) is 15.5 Å². The first-order valence-electron chi connectivity index (χ1n) is 5.58. The summed E-state index contributed by atoms with van der Waals surface area (Å²) in [5, 5.41) is 6.26. The van der Waals surface area contributed by atoms with Gasteiger partial charge in [0.15, 0.2) is 6.33 Å². The van der Waals surface area contributed by atoms with E-state index in [0.717, 1.165) is 4.47 Å². The van der Waals surface area contributed by atoms with E-state index in [1.807, 2.05) is 6.07 Å². The summed E-state index contributed by atoms with van der Waals surface area (Å²) in [6.45, 7) is 0.413. The molecule has 1 aromatic heterocycles. The number of aromatic nitrogens is 2. The fourth-order valence-electron chi connectivity index (χ4n) is 1.54. The van der Waals surface area contributed by atoms with Gasteiger partial charge in [-0.15, -0.1) is 0 Å². The van der Waals surface area contributed by atoms with Gasteiger partial charge in [-0.3, -0.25) is 4.79 Å². The molecule has 100 valence electrons. The van der Waals surface area contributed by atoms with Crippen LogP contribution in [0.4, 0.5) is 0 Å². The maximum Gasteiger partial charge on any atom is 0.255 e. The van der Waals surface area contributed by atoms with Crippen LogP contribution in [0.2, 0.25) is 0 Å². The lowest BCUT2D eigenvalue weighted by atomic mass is 10.2. The molecule has 1 amide bonds. The third-order valence-corrected chi connectivity index (χ3v) is 2.93. The maximum atomic E-state index is 12.0. The minimum absolute atomic E-state index is 0.210. The van der Waals surface area contributed by atoms with E-state index >= 15 is 0 Å². The molecule has 0 atom stereocenters. The highest BCUT2D eigenvalue weighted by molar-refractivity contribution is 9.10. The van der Waals surface area contributed by atoms with Gasteiger partial charge in [-0.25, -0.2) is 0 Å². The van der Waals surface area contributed by atoms with Crippen LogP contribution in [0.5, 0.6) is 5.75 Å². The fourth-order valence-corrected chi connectivity index (χ4v) is 1.90. The van der Waals surface area contributed by atoms with Gasteiger partial charge < -0.3 is 14.6 Å². The van der Waals surface area contributed by atoms with E-state index in [0.29, 0.717) is 30.2 Å². The van der Waals surface area contributed by atoms with Crippen molar-refractivity contribution in [1.29, 1.82) is 0 Å². The first-order valence-corrected chi connectivity index (χ1v) is 6.37. The monoisotopic (exact) mass is 325 g/mol. The topological polar surface area (TPSA) is 77.2 Å². The van der Waals surface area contributed by atoms with E-state index in [-0.39, 0.29) is 5.91 Å². The molecule has 0 aliphatic rings. The molecule has 0 aliphatic carbocycles. The molecule has 0 fully saturated rings. The largest absolute Gasteiger partial charge is 0.496 e. The lowest BCUT2D eigenvalue weighted by Crippen LogP contribution is -2.26. The van der Waals surface area contributed by atoms with Crippen molar-refractivity contribution in [3.8, 4) is 5.75 Å². The van der Waals surface area contributed by atoms with Crippen LogP contribution in [-0.2, 0) is 6.42 Å². The highest BCUT2D eigenvalue weighted by Gasteiger charge is 2.12. The Morgan fingerprint density at radius 3 is 3.05 bits per heavy atom. The van der Waals surface area contributed by atoms with Gasteiger partial charge in [0.1, 0.15) is 5.75 Å². The van der Waals surface area contributed by atoms with Gasteiger partial charge in [0.05, 0.1) is 12.7 Å². The molecule has 0 unspecified atom stereocenters. The molecule has 0 bridgehead atoms. The summed E-state index contributed by atoms with van der Waals surface area (Å²) in [6.07, 6.45) is 1.82. The van der Waals surface area contributed by atoms with E-state index in [1.165, 1.54) is 13.4 Å². The van der Waals surface area contributed by atoms with Gasteiger partial charge in [0.2, 0.25) is 5.89 Å². The fraction of sp³-hybridized carbons (Fsp3) is 0.250. The number of hydrogen-bond acceptors (Lipinski definition) is 5. The number of carbonyl (C=O) groups is 1. The minimum atomic E-state index is -0.210. The van der Waals surface area contributed by atoms with Crippen LogP contribution in [0.15, 0.2) is 33.5 Å². The zero-order valence-corrected chi connectivity index (χ0v) is 11.8. The van der Waals surface area contributed by atoms with Crippen molar-refractivity contribution in [2.24, 2.45) is 0 Å². The average Bonchev–Trinajstić information content (AvgIpc) is 2.91. The van der Waals surface area contributed by atoms with Crippen molar-refractivity contribution in [2.75, 3.05) is 13.7 Å². The Labute approximate surface area is 118 Å². The summed E-state index contributed by atoms with van der Waals surface area (Å²) in [5.41, 5.74) is 0.474. The van der Waals surface area contributed by atoms with Crippen LogP contribution in [0, 0.1) is 0 Å². The van der Waals surface area contributed by atoms with Crippen molar-refractivity contribution < 1.29 is 14.1 Å². The predicted molar refractivity (Wildman–Crippen MR) is 71.0 cm³/mol. The maximum absolute atomic E-state index is 12.0. The Balaban J connectivity index is 1.97. The van der Waals surface area contributed by atoms with Gasteiger partial charge in [0, 0.05) is 17.4 Å². The minimum Gasteiger partial charge on any atom is -0.496 e. The summed E-state index contributed by atoms with van der Waals surface area (Å²) in [6, 6.07) is 5.26. The van der Waals surface area contributed by atoms with Crippen molar-refractivity contribution in [2.45, 2.75) is 6.42 Å². The molecule has 2 rings (SSSR count). The number of nitrogens with zero attached hydrogens (tertiary/aromatic N) is 2. The van der Waals surface area contributed by atoms with Gasteiger partial charge in [0.25, 0.3) is 5.91 Å². The molecule has 1 N–H and O–H groups in total. The molecule has 0 saturated heterocycles. The molecule has 7 heteroatoms. The zero-order valence-electron chi connectivity index (χ0n) is 10.2. The molecule has 1 heterocycles. The normalized spacial score (nSPS) is 10.2. The van der Waals surface area contributed by atoms with E-state index in [2.05, 4.69) is 31.4 Å². The average molecular weight is 326 g/mol. The molecule has 2 aromatic rings. The number of amides is 1. The predicted octanol–water partition coefficient (Wildman–Crippen LogP) is 1.81. The molecule has 19 heavy (non-hydrogen) atoms. The summed E-state index contributed by atoms with van der Waals surface area (Å²) >= 11 is 3.32. The number of nitrogens with one attached hydrogen (secondary N) is 1. The van der Waals surface area contributed by atoms with E-state index in [9.17, 15) is 4.79 Å². The van der Waals surface area contributed by atoms with Gasteiger partial charge in [-0.05, 0) is 18.2 Å². The van der Waals surface area contributed by atoms with Crippen molar-refractivity contribution in [3.05, 3.63) is 40.5 Å². The Morgan fingerprint density at radius 2 is 2.37 bits per heavy atom. The Morgan fingerprint density at radius 1 is 1.53 bits per heavy atom. The van der Waals surface area contributed by atoms with Crippen LogP contribution < -0.4 is 10.1 Å². The molecule has 0 aliphatic heterocycles. The van der Waals surface area contributed by atoms with Crippen molar-refractivity contribution in [3.63, 3.8) is 0 Å². The number of carbonyl (C=O) groups excluding carboxylic acids is 1. The number of halogens is 1. The van der Waals surface area contributed by atoms with Crippen LogP contribution in [0.25, 0.3) is 0 Å². The lowest BCUT2D eigenvalue weighted by Gasteiger charge is -2.09. The molecule has 0 saturated carbocycles. The molecule has 1 aromatic carbocycles. The molecule has 6 nitrogen and oxygen atoms in total. The SMILES string of the molecule is COc1ccc(Br)cc1C(=O)NCCc1ncno1. The number of benzene rings is 1. The van der Waals surface area contributed by atoms with Crippen LogP contribution in [-0.4, -0.2) is 29.7 Å². The molecule has 0 spiro atoms. The Hall–Kier alpha value is -1.89. The van der Waals surface area contributed by atoms with Gasteiger partial charge >= 0.3 is 0 Å². The lowest BCUT2D eigenvalue weighted by molar-refractivity contribution is 0.0950. The summed E-state index contributed by atoms with van der Waals surface area (Å²) < 4.78 is 10.8. The zero-order chi connectivity index (χ0) is 13.7. The number of ether oxygens (including phenoxy) is 1. The third-order valence-electron chi connectivity index (χ3n) is 2.44. The van der Waals surface area contributed by atoms with E-state index in [4.69, 9.17) is 9.26 Å². The van der Waals surface area contributed by atoms with E-state index < -0.39 is 0 Å². The third kappa shape index (κ3) is 3.54. The Bertz CT molecular complexity index is 557. The first-order chi connectivity index (χ1) is 9.20. The second kappa shape index (κ2) is 6.33. The highest BCUT2D eigenvalue weighted by Crippen LogP contribution is 2.22. The summed E-state index contributed by atoms with van der Waals surface area (Å²) in [7, 11) is 1.53. The number of rotatable bonds is 5. The number of methoxy groups -OCH3 is 1. The molecular weight excluding hydrogens is 314 g/mol. The van der Waals surface area contributed by atoms with Crippen LogP contribution >= 0.6 is 15.9 Å². The van der Waals surface area contributed by atoms with Gasteiger partial charge in [-0.2, -0.15) is 4.98 Å². The van der Waals surface area contributed by atoms with Gasteiger partial charge in [-0.1, -0.05) is 21.1 Å². The summed E-state index contributed by atoms with van der Waals surface area (Å²) in [4.78, 5) is 15.9. The van der Waals surface area contributed by atoms with E-state index in [1.54, 1.807) is 12.1 Å². The second-order valence-electron chi connectivity index (χ2n) is 3.69. The van der Waals surface area contributed by atoms with Crippen molar-refractivity contribution >= 4 is 21.8 Å². The quantitative estimate of drug-likeness (QED) is 0.907. The molecular formula is C12H12BrN3O3. The van der Waals surface area contributed by atoms with Crippen LogP contribution in [0.1, 0.15) is 16.2 Å².